The second-order valence-corrected chi connectivity index (χ2v) is 7.29. The minimum atomic E-state index is -0.553. The van der Waals surface area contributed by atoms with E-state index in [9.17, 15) is 14.7 Å². The van der Waals surface area contributed by atoms with Gasteiger partial charge < -0.3 is 15.3 Å². The molecule has 1 saturated carbocycles. The van der Waals surface area contributed by atoms with Crippen LogP contribution in [-0.4, -0.2) is 41.0 Å². The first-order valence-electron chi connectivity index (χ1n) is 9.45. The van der Waals surface area contributed by atoms with Gasteiger partial charge in [0.1, 0.15) is 6.04 Å². The van der Waals surface area contributed by atoms with E-state index in [2.05, 4.69) is 5.32 Å². The van der Waals surface area contributed by atoms with Crippen LogP contribution in [0.15, 0.2) is 30.3 Å². The maximum atomic E-state index is 12.9. The van der Waals surface area contributed by atoms with E-state index >= 15 is 0 Å². The van der Waals surface area contributed by atoms with Gasteiger partial charge in [-0.2, -0.15) is 0 Å². The number of aliphatic hydroxyl groups is 1. The average Bonchev–Trinajstić information content (AvgIpc) is 2.63. The van der Waals surface area contributed by atoms with E-state index in [0.29, 0.717) is 25.4 Å². The predicted octanol–water partition coefficient (Wildman–Crippen LogP) is 2.41. The molecule has 0 bridgehead atoms. The molecular weight excluding hydrogens is 316 g/mol. The highest BCUT2D eigenvalue weighted by molar-refractivity contribution is 5.89. The number of carbonyl (C=O) groups excluding carboxylic acids is 2. The fourth-order valence-corrected chi connectivity index (χ4v) is 4.00. The van der Waals surface area contributed by atoms with Crippen molar-refractivity contribution in [2.45, 2.75) is 57.1 Å². The molecule has 25 heavy (non-hydrogen) atoms. The van der Waals surface area contributed by atoms with Crippen LogP contribution in [0.1, 0.15) is 56.6 Å². The van der Waals surface area contributed by atoms with Crippen LogP contribution in [0.4, 0.5) is 0 Å². The maximum absolute atomic E-state index is 12.9. The van der Waals surface area contributed by atoms with Crippen molar-refractivity contribution in [2.75, 3.05) is 13.1 Å². The molecule has 1 aliphatic heterocycles. The number of rotatable bonds is 5. The normalized spacial score (nSPS) is 25.5. The van der Waals surface area contributed by atoms with E-state index in [4.69, 9.17) is 0 Å². The molecule has 1 aromatic rings. The van der Waals surface area contributed by atoms with Crippen molar-refractivity contribution < 1.29 is 14.7 Å². The van der Waals surface area contributed by atoms with Crippen LogP contribution < -0.4 is 5.32 Å². The number of hydrogen-bond donors (Lipinski definition) is 2. The van der Waals surface area contributed by atoms with E-state index in [0.717, 1.165) is 44.1 Å². The molecule has 3 atom stereocenters. The Morgan fingerprint density at radius 3 is 2.72 bits per heavy atom. The molecule has 1 aliphatic carbocycles. The third-order valence-corrected chi connectivity index (χ3v) is 5.36. The number of piperidine rings is 1. The molecular formula is C20H28N2O3. The molecule has 2 fully saturated rings. The molecule has 5 heteroatoms. The summed E-state index contributed by atoms with van der Waals surface area (Å²) >= 11 is 0. The molecule has 3 unspecified atom stereocenters. The maximum Gasteiger partial charge on any atom is 0.247 e. The Morgan fingerprint density at radius 1 is 1.20 bits per heavy atom. The number of benzene rings is 1. The van der Waals surface area contributed by atoms with Gasteiger partial charge >= 0.3 is 0 Å². The van der Waals surface area contributed by atoms with Gasteiger partial charge in [-0.15, -0.1) is 0 Å². The van der Waals surface area contributed by atoms with Crippen LogP contribution in [0, 0.1) is 5.92 Å². The molecule has 0 radical (unpaired) electrons. The smallest absolute Gasteiger partial charge is 0.247 e. The fraction of sp³-hybridized carbons (Fsp3) is 0.600. The molecule has 2 aliphatic rings. The molecule has 1 aromatic carbocycles. The monoisotopic (exact) mass is 344 g/mol. The molecule has 0 spiro atoms. The molecule has 0 aromatic heterocycles. The van der Waals surface area contributed by atoms with Crippen LogP contribution >= 0.6 is 0 Å². The summed E-state index contributed by atoms with van der Waals surface area (Å²) in [7, 11) is 0. The van der Waals surface area contributed by atoms with Gasteiger partial charge in [-0.25, -0.2) is 0 Å². The largest absolute Gasteiger partial charge is 0.393 e. The molecule has 2 N–H and O–H groups in total. The lowest BCUT2D eigenvalue weighted by molar-refractivity contribution is -0.142. The van der Waals surface area contributed by atoms with Crippen LogP contribution in [0.25, 0.3) is 0 Å². The number of likely N-dealkylation sites (tertiary alicyclic amines) is 1. The molecule has 1 saturated heterocycles. The van der Waals surface area contributed by atoms with Gasteiger partial charge in [0.15, 0.2) is 0 Å². The van der Waals surface area contributed by atoms with Crippen LogP contribution in [-0.2, 0) is 9.59 Å². The fourth-order valence-electron chi connectivity index (χ4n) is 4.00. The van der Waals surface area contributed by atoms with Crippen LogP contribution in [0.5, 0.6) is 0 Å². The SMILES string of the molecule is O=C(NCC1CCCC(O)C1)C(c1ccccc1)N1CCCCC1=O. The Balaban J connectivity index is 1.70. The molecule has 2 amide bonds. The second kappa shape index (κ2) is 8.48. The van der Waals surface area contributed by atoms with Crippen LogP contribution in [0.3, 0.4) is 0 Å². The van der Waals surface area contributed by atoms with Crippen LogP contribution in [0.2, 0.25) is 0 Å². The number of nitrogens with zero attached hydrogens (tertiary/aromatic N) is 1. The van der Waals surface area contributed by atoms with Crippen molar-refractivity contribution in [1.82, 2.24) is 10.2 Å². The van der Waals surface area contributed by atoms with Gasteiger partial charge in [0.25, 0.3) is 0 Å². The minimum absolute atomic E-state index is 0.0586. The van der Waals surface area contributed by atoms with Gasteiger partial charge in [-0.1, -0.05) is 36.8 Å². The number of nitrogens with one attached hydrogen (secondary N) is 1. The summed E-state index contributed by atoms with van der Waals surface area (Å²) < 4.78 is 0. The third kappa shape index (κ3) is 4.60. The highest BCUT2D eigenvalue weighted by Gasteiger charge is 2.33. The Bertz CT molecular complexity index is 590. The van der Waals surface area contributed by atoms with Gasteiger partial charge in [-0.05, 0) is 43.6 Å². The zero-order valence-corrected chi connectivity index (χ0v) is 14.7. The second-order valence-electron chi connectivity index (χ2n) is 7.29. The van der Waals surface area contributed by atoms with Crippen molar-refractivity contribution >= 4 is 11.8 Å². The lowest BCUT2D eigenvalue weighted by atomic mass is 9.87. The molecule has 1 heterocycles. The summed E-state index contributed by atoms with van der Waals surface area (Å²) in [5, 5.41) is 12.9. The number of carbonyl (C=O) groups is 2. The Kier molecular flexibility index (Phi) is 6.08. The first-order valence-corrected chi connectivity index (χ1v) is 9.45. The van der Waals surface area contributed by atoms with Crippen molar-refractivity contribution in [3.8, 4) is 0 Å². The number of aliphatic hydroxyl groups excluding tert-OH is 1. The predicted molar refractivity (Wildman–Crippen MR) is 95.7 cm³/mol. The van der Waals surface area contributed by atoms with E-state index in [1.54, 1.807) is 4.90 Å². The van der Waals surface area contributed by atoms with Gasteiger partial charge in [0.05, 0.1) is 6.10 Å². The standard InChI is InChI=1S/C20H28N2O3/c23-17-10-6-7-15(13-17)14-21-20(25)19(16-8-2-1-3-9-16)22-12-5-4-11-18(22)24/h1-3,8-9,15,17,19,23H,4-7,10-14H2,(H,21,25). The van der Waals surface area contributed by atoms with Gasteiger partial charge in [0.2, 0.25) is 11.8 Å². The lowest BCUT2D eigenvalue weighted by Crippen LogP contribution is -2.46. The highest BCUT2D eigenvalue weighted by atomic mass is 16.3. The summed E-state index contributed by atoms with van der Waals surface area (Å²) in [5.41, 5.74) is 0.860. The Hall–Kier alpha value is -1.88. The van der Waals surface area contributed by atoms with Crippen molar-refractivity contribution in [1.29, 1.82) is 0 Å². The summed E-state index contributed by atoms with van der Waals surface area (Å²) in [4.78, 5) is 27.0. The van der Waals surface area contributed by atoms with Crippen molar-refractivity contribution in [3.63, 3.8) is 0 Å². The number of hydrogen-bond acceptors (Lipinski definition) is 3. The molecule has 136 valence electrons. The van der Waals surface area contributed by atoms with Crippen molar-refractivity contribution in [3.05, 3.63) is 35.9 Å². The zero-order chi connectivity index (χ0) is 17.6. The van der Waals surface area contributed by atoms with E-state index < -0.39 is 6.04 Å². The highest BCUT2D eigenvalue weighted by Crippen LogP contribution is 2.27. The van der Waals surface area contributed by atoms with E-state index in [-0.39, 0.29) is 17.9 Å². The van der Waals surface area contributed by atoms with E-state index in [1.165, 1.54) is 0 Å². The summed E-state index contributed by atoms with van der Waals surface area (Å²) in [6.07, 6.45) is 5.77. The quantitative estimate of drug-likeness (QED) is 0.862. The summed E-state index contributed by atoms with van der Waals surface area (Å²) in [5.74, 6) is 0.269. The van der Waals surface area contributed by atoms with Gasteiger partial charge in [0, 0.05) is 19.5 Å². The first kappa shape index (κ1) is 17.9. The Labute approximate surface area is 149 Å². The zero-order valence-electron chi connectivity index (χ0n) is 14.7. The average molecular weight is 344 g/mol. The topological polar surface area (TPSA) is 69.6 Å². The minimum Gasteiger partial charge on any atom is -0.393 e. The molecule has 5 nitrogen and oxygen atoms in total. The lowest BCUT2D eigenvalue weighted by Gasteiger charge is -2.34. The van der Waals surface area contributed by atoms with E-state index in [1.807, 2.05) is 30.3 Å². The summed E-state index contributed by atoms with van der Waals surface area (Å²) in [6.45, 7) is 1.20. The summed E-state index contributed by atoms with van der Waals surface area (Å²) in [6, 6.07) is 9.00. The van der Waals surface area contributed by atoms with Crippen molar-refractivity contribution in [2.24, 2.45) is 5.92 Å². The third-order valence-electron chi connectivity index (χ3n) is 5.36. The molecule has 3 rings (SSSR count). The van der Waals surface area contributed by atoms with Gasteiger partial charge in [-0.3, -0.25) is 9.59 Å². The number of amides is 2. The first-order chi connectivity index (χ1) is 12.1. The Morgan fingerprint density at radius 2 is 2.00 bits per heavy atom.